The number of amides is 2. The first kappa shape index (κ1) is 17.6. The van der Waals surface area contributed by atoms with Gasteiger partial charge in [-0.15, -0.1) is 0 Å². The minimum Gasteiger partial charge on any atom is -0.484 e. The van der Waals surface area contributed by atoms with Crippen LogP contribution in [0.3, 0.4) is 0 Å². The molecule has 2 N–H and O–H groups in total. The lowest BCUT2D eigenvalue weighted by molar-refractivity contribution is -0.127. The molecule has 0 aromatic heterocycles. The summed E-state index contributed by atoms with van der Waals surface area (Å²) in [4.78, 5) is 23.8. The van der Waals surface area contributed by atoms with Gasteiger partial charge in [-0.1, -0.05) is 12.8 Å². The van der Waals surface area contributed by atoms with Gasteiger partial charge in [-0.2, -0.15) is 0 Å². The zero-order chi connectivity index (χ0) is 17.5. The van der Waals surface area contributed by atoms with E-state index in [1.807, 2.05) is 0 Å². The molecule has 1 atom stereocenters. The van der Waals surface area contributed by atoms with Crippen molar-refractivity contribution < 1.29 is 19.1 Å². The molecule has 1 heterocycles. The van der Waals surface area contributed by atoms with Gasteiger partial charge in [0.2, 0.25) is 0 Å². The second-order valence-electron chi connectivity index (χ2n) is 6.70. The summed E-state index contributed by atoms with van der Waals surface area (Å²) in [5.74, 6) is 1.10. The van der Waals surface area contributed by atoms with Crippen molar-refractivity contribution in [1.82, 2.24) is 10.6 Å². The van der Waals surface area contributed by atoms with Crippen LogP contribution in [0.2, 0.25) is 0 Å². The molecule has 1 aromatic carbocycles. The Morgan fingerprint density at radius 1 is 1.04 bits per heavy atom. The Morgan fingerprint density at radius 3 is 2.48 bits per heavy atom. The molecule has 1 aromatic rings. The Balaban J connectivity index is 1.45. The van der Waals surface area contributed by atoms with Gasteiger partial charge in [-0.05, 0) is 56.4 Å². The summed E-state index contributed by atoms with van der Waals surface area (Å²) in [6.45, 7) is 0.732. The monoisotopic (exact) mass is 346 g/mol. The molecular formula is C19H26N2O4. The zero-order valence-corrected chi connectivity index (χ0v) is 14.5. The Bertz CT molecular complexity index is 582. The highest BCUT2D eigenvalue weighted by Gasteiger charge is 2.22. The van der Waals surface area contributed by atoms with E-state index in [9.17, 15) is 9.59 Å². The van der Waals surface area contributed by atoms with Crippen LogP contribution in [0.4, 0.5) is 0 Å². The first-order valence-corrected chi connectivity index (χ1v) is 9.17. The fourth-order valence-corrected chi connectivity index (χ4v) is 3.29. The normalized spacial score (nSPS) is 21.3. The highest BCUT2D eigenvalue weighted by Crippen LogP contribution is 2.21. The van der Waals surface area contributed by atoms with Crippen LogP contribution < -0.4 is 20.1 Å². The van der Waals surface area contributed by atoms with Crippen molar-refractivity contribution in [3.8, 4) is 11.5 Å². The molecule has 0 spiro atoms. The van der Waals surface area contributed by atoms with Gasteiger partial charge in [0.15, 0.2) is 12.7 Å². The molecule has 1 aliphatic heterocycles. The van der Waals surface area contributed by atoms with Crippen molar-refractivity contribution in [2.45, 2.75) is 57.1 Å². The van der Waals surface area contributed by atoms with E-state index in [4.69, 9.17) is 9.47 Å². The quantitative estimate of drug-likeness (QED) is 0.828. The van der Waals surface area contributed by atoms with E-state index in [2.05, 4.69) is 10.6 Å². The maximum absolute atomic E-state index is 11.9. The van der Waals surface area contributed by atoms with Gasteiger partial charge in [0.25, 0.3) is 11.8 Å². The predicted molar refractivity (Wildman–Crippen MR) is 93.6 cm³/mol. The van der Waals surface area contributed by atoms with Gasteiger partial charge in [0.05, 0.1) is 0 Å². The SMILES string of the molecule is O=C(COc1ccc(OC2CCCCNC2=O)cc1)NC1CCCC1. The Hall–Kier alpha value is -2.24. The minimum absolute atomic E-state index is 0.0156. The standard InChI is InChI=1S/C19H26N2O4/c22-18(21-14-5-1-2-6-14)13-24-15-8-10-16(11-9-15)25-17-7-3-4-12-20-19(17)23/h8-11,14,17H,1-7,12-13H2,(H,20,23)(H,21,22). The van der Waals surface area contributed by atoms with E-state index in [0.717, 1.165) is 32.1 Å². The molecule has 6 nitrogen and oxygen atoms in total. The average molecular weight is 346 g/mol. The van der Waals surface area contributed by atoms with Crippen molar-refractivity contribution in [2.24, 2.45) is 0 Å². The van der Waals surface area contributed by atoms with E-state index in [-0.39, 0.29) is 18.4 Å². The molecule has 2 amide bonds. The molecule has 1 aliphatic carbocycles. The number of ether oxygens (including phenoxy) is 2. The van der Waals surface area contributed by atoms with Crippen LogP contribution in [0.1, 0.15) is 44.9 Å². The number of hydrogen-bond acceptors (Lipinski definition) is 4. The second kappa shape index (κ2) is 8.74. The minimum atomic E-state index is -0.438. The summed E-state index contributed by atoms with van der Waals surface area (Å²) in [6.07, 6.45) is 6.75. The molecule has 1 saturated carbocycles. The summed E-state index contributed by atoms with van der Waals surface area (Å²) in [5.41, 5.74) is 0. The summed E-state index contributed by atoms with van der Waals surface area (Å²) in [5, 5.41) is 5.85. The van der Waals surface area contributed by atoms with Crippen molar-refractivity contribution in [3.63, 3.8) is 0 Å². The van der Waals surface area contributed by atoms with E-state index >= 15 is 0 Å². The number of carbonyl (C=O) groups excluding carboxylic acids is 2. The predicted octanol–water partition coefficient (Wildman–Crippen LogP) is 2.17. The van der Waals surface area contributed by atoms with Gasteiger partial charge in [-0.3, -0.25) is 9.59 Å². The third-order valence-electron chi connectivity index (χ3n) is 4.68. The van der Waals surface area contributed by atoms with E-state index in [1.54, 1.807) is 24.3 Å². The van der Waals surface area contributed by atoms with Crippen LogP contribution in [0, 0.1) is 0 Å². The van der Waals surface area contributed by atoms with Crippen LogP contribution in [-0.2, 0) is 9.59 Å². The maximum Gasteiger partial charge on any atom is 0.261 e. The number of carbonyl (C=O) groups is 2. The molecule has 1 unspecified atom stereocenters. The van der Waals surface area contributed by atoms with Crippen molar-refractivity contribution in [2.75, 3.05) is 13.2 Å². The van der Waals surface area contributed by atoms with Gasteiger partial charge < -0.3 is 20.1 Å². The van der Waals surface area contributed by atoms with Gasteiger partial charge in [0.1, 0.15) is 11.5 Å². The molecule has 6 heteroatoms. The smallest absolute Gasteiger partial charge is 0.261 e. The van der Waals surface area contributed by atoms with Crippen molar-refractivity contribution in [3.05, 3.63) is 24.3 Å². The zero-order valence-electron chi connectivity index (χ0n) is 14.5. The van der Waals surface area contributed by atoms with Crippen molar-refractivity contribution >= 4 is 11.8 Å². The molecule has 2 fully saturated rings. The molecule has 0 bridgehead atoms. The van der Waals surface area contributed by atoms with Gasteiger partial charge >= 0.3 is 0 Å². The van der Waals surface area contributed by atoms with Crippen molar-refractivity contribution in [1.29, 1.82) is 0 Å². The topological polar surface area (TPSA) is 76.7 Å². The lowest BCUT2D eigenvalue weighted by atomic mass is 10.2. The lowest BCUT2D eigenvalue weighted by Gasteiger charge is -2.16. The number of rotatable bonds is 6. The highest BCUT2D eigenvalue weighted by molar-refractivity contribution is 5.81. The van der Waals surface area contributed by atoms with Crippen LogP contribution in [0.15, 0.2) is 24.3 Å². The summed E-state index contributed by atoms with van der Waals surface area (Å²) in [7, 11) is 0. The highest BCUT2D eigenvalue weighted by atomic mass is 16.5. The number of hydrogen-bond donors (Lipinski definition) is 2. The van der Waals surface area contributed by atoms with Crippen LogP contribution in [0.25, 0.3) is 0 Å². The van der Waals surface area contributed by atoms with E-state index in [0.29, 0.717) is 24.1 Å². The lowest BCUT2D eigenvalue weighted by Crippen LogP contribution is -2.36. The number of benzene rings is 1. The molecule has 2 aliphatic rings. The largest absolute Gasteiger partial charge is 0.484 e. The third kappa shape index (κ3) is 5.37. The molecule has 3 rings (SSSR count). The Kier molecular flexibility index (Phi) is 6.14. The van der Waals surface area contributed by atoms with Gasteiger partial charge in [-0.25, -0.2) is 0 Å². The van der Waals surface area contributed by atoms with Gasteiger partial charge in [0, 0.05) is 12.6 Å². The summed E-state index contributed by atoms with van der Waals surface area (Å²) < 4.78 is 11.3. The maximum atomic E-state index is 11.9. The fraction of sp³-hybridized carbons (Fsp3) is 0.579. The fourth-order valence-electron chi connectivity index (χ4n) is 3.29. The molecule has 1 saturated heterocycles. The molecule has 136 valence electrons. The summed E-state index contributed by atoms with van der Waals surface area (Å²) in [6, 6.07) is 7.35. The number of nitrogens with one attached hydrogen (secondary N) is 2. The van der Waals surface area contributed by atoms with E-state index < -0.39 is 6.10 Å². The van der Waals surface area contributed by atoms with E-state index in [1.165, 1.54) is 12.8 Å². The average Bonchev–Trinajstić information content (AvgIpc) is 3.04. The summed E-state index contributed by atoms with van der Waals surface area (Å²) >= 11 is 0. The van der Waals surface area contributed by atoms with Crippen LogP contribution in [-0.4, -0.2) is 37.1 Å². The molecule has 25 heavy (non-hydrogen) atoms. The molecule has 0 radical (unpaired) electrons. The molecular weight excluding hydrogens is 320 g/mol. The first-order chi connectivity index (χ1) is 12.2. The Morgan fingerprint density at radius 2 is 1.72 bits per heavy atom. The van der Waals surface area contributed by atoms with Crippen LogP contribution >= 0.6 is 0 Å². The third-order valence-corrected chi connectivity index (χ3v) is 4.68. The second-order valence-corrected chi connectivity index (χ2v) is 6.70. The van der Waals surface area contributed by atoms with Crippen LogP contribution in [0.5, 0.6) is 11.5 Å². The first-order valence-electron chi connectivity index (χ1n) is 9.17. The Labute approximate surface area is 148 Å².